The molecule has 5 heteroatoms. The average molecular weight is 277 g/mol. The lowest BCUT2D eigenvalue weighted by Gasteiger charge is -2.20. The summed E-state index contributed by atoms with van der Waals surface area (Å²) in [6.07, 6.45) is 0.572. The first kappa shape index (κ1) is 12.5. The third-order valence-electron chi connectivity index (χ3n) is 3.85. The topological polar surface area (TPSA) is 57.6 Å². The Balaban J connectivity index is 1.74. The SMILES string of the molecule is O=C(O)C1CCN(C(=O)C2CSc3ccccc32)C1. The van der Waals surface area contributed by atoms with Crippen molar-refractivity contribution in [2.75, 3.05) is 18.8 Å². The number of benzene rings is 1. The van der Waals surface area contributed by atoms with Gasteiger partial charge < -0.3 is 10.0 Å². The fourth-order valence-electron chi connectivity index (χ4n) is 2.75. The van der Waals surface area contributed by atoms with Gasteiger partial charge in [0.25, 0.3) is 0 Å². The minimum atomic E-state index is -0.795. The van der Waals surface area contributed by atoms with Crippen LogP contribution in [0.25, 0.3) is 0 Å². The lowest BCUT2D eigenvalue weighted by Crippen LogP contribution is -2.34. The highest BCUT2D eigenvalue weighted by atomic mass is 32.2. The Morgan fingerprint density at radius 3 is 2.84 bits per heavy atom. The second-order valence-electron chi connectivity index (χ2n) is 5.01. The van der Waals surface area contributed by atoms with Crippen LogP contribution in [-0.2, 0) is 9.59 Å². The van der Waals surface area contributed by atoms with Gasteiger partial charge in [-0.15, -0.1) is 11.8 Å². The molecule has 1 saturated heterocycles. The summed E-state index contributed by atoms with van der Waals surface area (Å²) < 4.78 is 0. The van der Waals surface area contributed by atoms with Crippen LogP contribution in [0, 0.1) is 5.92 Å². The summed E-state index contributed by atoms with van der Waals surface area (Å²) >= 11 is 1.71. The summed E-state index contributed by atoms with van der Waals surface area (Å²) in [7, 11) is 0. The van der Waals surface area contributed by atoms with E-state index in [9.17, 15) is 9.59 Å². The highest BCUT2D eigenvalue weighted by Gasteiger charge is 2.37. The number of carbonyl (C=O) groups excluding carboxylic acids is 1. The number of hydrogen-bond donors (Lipinski definition) is 1. The molecular formula is C14H15NO3S. The van der Waals surface area contributed by atoms with Gasteiger partial charge in [0.05, 0.1) is 11.8 Å². The maximum atomic E-state index is 12.5. The zero-order chi connectivity index (χ0) is 13.4. The highest BCUT2D eigenvalue weighted by molar-refractivity contribution is 7.99. The highest BCUT2D eigenvalue weighted by Crippen LogP contribution is 2.40. The molecule has 0 bridgehead atoms. The molecule has 1 fully saturated rings. The number of fused-ring (bicyclic) bond motifs is 1. The van der Waals surface area contributed by atoms with E-state index < -0.39 is 11.9 Å². The van der Waals surface area contributed by atoms with Crippen molar-refractivity contribution < 1.29 is 14.7 Å². The first-order valence-electron chi connectivity index (χ1n) is 6.40. The number of carboxylic acid groups (broad SMARTS) is 1. The Bertz CT molecular complexity index is 531. The molecule has 0 spiro atoms. The number of thioether (sulfide) groups is 1. The molecule has 2 atom stereocenters. The Morgan fingerprint density at radius 1 is 1.32 bits per heavy atom. The molecule has 0 aliphatic carbocycles. The van der Waals surface area contributed by atoms with Gasteiger partial charge in [0.2, 0.25) is 5.91 Å². The van der Waals surface area contributed by atoms with Crippen molar-refractivity contribution in [3.8, 4) is 0 Å². The fourth-order valence-corrected chi connectivity index (χ4v) is 3.97. The molecule has 1 aromatic carbocycles. The number of carboxylic acids is 1. The summed E-state index contributed by atoms with van der Waals surface area (Å²) in [6.45, 7) is 0.927. The van der Waals surface area contributed by atoms with E-state index in [4.69, 9.17) is 5.11 Å². The van der Waals surface area contributed by atoms with Crippen molar-refractivity contribution in [1.82, 2.24) is 4.90 Å². The molecule has 2 unspecified atom stereocenters. The van der Waals surface area contributed by atoms with Crippen LogP contribution in [0.15, 0.2) is 29.2 Å². The van der Waals surface area contributed by atoms with E-state index in [1.54, 1.807) is 16.7 Å². The van der Waals surface area contributed by atoms with Crippen LogP contribution in [0.4, 0.5) is 0 Å². The average Bonchev–Trinajstić information content (AvgIpc) is 3.05. The predicted octanol–water partition coefficient (Wildman–Crippen LogP) is 1.81. The number of rotatable bonds is 2. The van der Waals surface area contributed by atoms with Gasteiger partial charge in [-0.2, -0.15) is 0 Å². The fraction of sp³-hybridized carbons (Fsp3) is 0.429. The van der Waals surface area contributed by atoms with Crippen LogP contribution < -0.4 is 0 Å². The molecule has 2 aliphatic rings. The van der Waals surface area contributed by atoms with Crippen LogP contribution in [0.5, 0.6) is 0 Å². The van der Waals surface area contributed by atoms with Crippen molar-refractivity contribution in [2.45, 2.75) is 17.2 Å². The van der Waals surface area contributed by atoms with Crippen molar-refractivity contribution >= 4 is 23.6 Å². The van der Waals surface area contributed by atoms with E-state index in [2.05, 4.69) is 0 Å². The quantitative estimate of drug-likeness (QED) is 0.895. The van der Waals surface area contributed by atoms with E-state index in [0.29, 0.717) is 19.5 Å². The van der Waals surface area contributed by atoms with Crippen LogP contribution in [-0.4, -0.2) is 40.7 Å². The zero-order valence-electron chi connectivity index (χ0n) is 10.4. The number of amides is 1. The lowest BCUT2D eigenvalue weighted by molar-refractivity contribution is -0.141. The molecule has 4 nitrogen and oxygen atoms in total. The van der Waals surface area contributed by atoms with Gasteiger partial charge in [-0.1, -0.05) is 18.2 Å². The largest absolute Gasteiger partial charge is 0.481 e. The monoisotopic (exact) mass is 277 g/mol. The summed E-state index contributed by atoms with van der Waals surface area (Å²) in [5.74, 6) is -0.438. The summed E-state index contributed by atoms with van der Waals surface area (Å²) in [4.78, 5) is 26.3. The minimum absolute atomic E-state index is 0.0844. The van der Waals surface area contributed by atoms with Gasteiger partial charge in [0.15, 0.2) is 0 Å². The van der Waals surface area contributed by atoms with E-state index in [-0.39, 0.29) is 11.8 Å². The van der Waals surface area contributed by atoms with Crippen LogP contribution in [0.3, 0.4) is 0 Å². The predicted molar refractivity (Wildman–Crippen MR) is 72.2 cm³/mol. The molecule has 0 aromatic heterocycles. The third-order valence-corrected chi connectivity index (χ3v) is 5.03. The standard InChI is InChI=1S/C14H15NO3S/c16-13(15-6-5-9(7-15)14(17)18)11-8-19-12-4-2-1-3-10(11)12/h1-4,9,11H,5-8H2,(H,17,18). The van der Waals surface area contributed by atoms with Gasteiger partial charge >= 0.3 is 5.97 Å². The number of carbonyl (C=O) groups is 2. The van der Waals surface area contributed by atoms with Crippen LogP contribution in [0.1, 0.15) is 17.9 Å². The number of aliphatic carboxylic acids is 1. The number of hydrogen-bond acceptors (Lipinski definition) is 3. The first-order valence-corrected chi connectivity index (χ1v) is 7.38. The van der Waals surface area contributed by atoms with Crippen molar-refractivity contribution in [3.05, 3.63) is 29.8 Å². The maximum absolute atomic E-state index is 12.5. The molecule has 2 aliphatic heterocycles. The summed E-state index contributed by atoms with van der Waals surface area (Å²) in [5, 5.41) is 8.99. The van der Waals surface area contributed by atoms with E-state index in [1.807, 2.05) is 24.3 Å². The Hall–Kier alpha value is -1.49. The van der Waals surface area contributed by atoms with Gasteiger partial charge in [-0.25, -0.2) is 0 Å². The molecule has 19 heavy (non-hydrogen) atoms. The van der Waals surface area contributed by atoms with Crippen molar-refractivity contribution in [2.24, 2.45) is 5.92 Å². The lowest BCUT2D eigenvalue weighted by atomic mass is 10.00. The number of likely N-dealkylation sites (tertiary alicyclic amines) is 1. The molecular weight excluding hydrogens is 262 g/mol. The minimum Gasteiger partial charge on any atom is -0.481 e. The molecule has 0 radical (unpaired) electrons. The molecule has 1 N–H and O–H groups in total. The zero-order valence-corrected chi connectivity index (χ0v) is 11.2. The second-order valence-corrected chi connectivity index (χ2v) is 6.07. The van der Waals surface area contributed by atoms with E-state index in [0.717, 1.165) is 11.3 Å². The Morgan fingerprint density at radius 2 is 2.11 bits per heavy atom. The van der Waals surface area contributed by atoms with Gasteiger partial charge in [-0.3, -0.25) is 9.59 Å². The smallest absolute Gasteiger partial charge is 0.308 e. The molecule has 1 aromatic rings. The third kappa shape index (κ3) is 2.23. The first-order chi connectivity index (χ1) is 9.16. The van der Waals surface area contributed by atoms with Gasteiger partial charge in [0, 0.05) is 23.7 Å². The summed E-state index contributed by atoms with van der Waals surface area (Å²) in [6, 6.07) is 7.98. The molecule has 0 saturated carbocycles. The maximum Gasteiger partial charge on any atom is 0.308 e. The van der Waals surface area contributed by atoms with E-state index in [1.165, 1.54) is 4.90 Å². The van der Waals surface area contributed by atoms with Crippen molar-refractivity contribution in [1.29, 1.82) is 0 Å². The molecule has 2 heterocycles. The van der Waals surface area contributed by atoms with Gasteiger partial charge in [-0.05, 0) is 18.1 Å². The van der Waals surface area contributed by atoms with Gasteiger partial charge in [0.1, 0.15) is 0 Å². The Kier molecular flexibility index (Phi) is 3.22. The van der Waals surface area contributed by atoms with Crippen LogP contribution in [0.2, 0.25) is 0 Å². The van der Waals surface area contributed by atoms with Crippen molar-refractivity contribution in [3.63, 3.8) is 0 Å². The summed E-state index contributed by atoms with van der Waals surface area (Å²) in [5.41, 5.74) is 1.09. The second kappa shape index (κ2) is 4.89. The molecule has 1 amide bonds. The Labute approximate surface area is 115 Å². The molecule has 100 valence electrons. The van der Waals surface area contributed by atoms with Crippen LogP contribution >= 0.6 is 11.8 Å². The van der Waals surface area contributed by atoms with E-state index >= 15 is 0 Å². The number of nitrogens with zero attached hydrogens (tertiary/aromatic N) is 1. The molecule has 3 rings (SSSR count). The normalized spacial score (nSPS) is 25.4.